The van der Waals surface area contributed by atoms with Gasteiger partial charge in [-0.1, -0.05) is 48.5 Å². The number of amides is 3. The van der Waals surface area contributed by atoms with E-state index in [1.165, 1.54) is 0 Å². The van der Waals surface area contributed by atoms with Crippen molar-refractivity contribution in [2.45, 2.75) is 33.4 Å². The second kappa shape index (κ2) is 10.0. The molecule has 3 aromatic rings. The van der Waals surface area contributed by atoms with Gasteiger partial charge in [-0.15, -0.1) is 0 Å². The van der Waals surface area contributed by atoms with Gasteiger partial charge in [0.05, 0.1) is 29.7 Å². The Morgan fingerprint density at radius 3 is 2.26 bits per heavy atom. The third-order valence-electron chi connectivity index (χ3n) is 5.36. The van der Waals surface area contributed by atoms with Crippen molar-refractivity contribution >= 4 is 11.9 Å². The number of para-hydroxylation sites is 1. The predicted molar refractivity (Wildman–Crippen MR) is 120 cm³/mol. The maximum Gasteiger partial charge on any atom is 0.321 e. The number of rotatable bonds is 7. The third kappa shape index (κ3) is 5.19. The van der Waals surface area contributed by atoms with E-state index >= 15 is 0 Å². The Bertz CT molecular complexity index is 1030. The molecule has 0 saturated carbocycles. The summed E-state index contributed by atoms with van der Waals surface area (Å²) >= 11 is 0. The summed E-state index contributed by atoms with van der Waals surface area (Å²) < 4.78 is 1.93. The lowest BCUT2D eigenvalue weighted by Gasteiger charge is -2.24. The maximum absolute atomic E-state index is 13.0. The van der Waals surface area contributed by atoms with E-state index in [1.807, 2.05) is 93.2 Å². The van der Waals surface area contributed by atoms with Crippen LogP contribution in [0.2, 0.25) is 0 Å². The lowest BCUT2D eigenvalue weighted by atomic mass is 10.0. The highest BCUT2D eigenvalue weighted by molar-refractivity contribution is 5.96. The number of likely N-dealkylation sites (N-methyl/N-ethyl adjacent to an activating group) is 1. The first-order valence-corrected chi connectivity index (χ1v) is 10.5. The number of nitrogens with one attached hydrogen (secondary N) is 3. The molecule has 0 bridgehead atoms. The molecule has 0 aliphatic rings. The van der Waals surface area contributed by atoms with Crippen LogP contribution in [-0.4, -0.2) is 35.3 Å². The molecule has 162 valence electrons. The zero-order chi connectivity index (χ0) is 22.4. The minimum Gasteiger partial charge on any atom is -0.338 e. The lowest BCUT2D eigenvalue weighted by molar-refractivity contribution is -0.916. The third-order valence-corrected chi connectivity index (χ3v) is 5.36. The van der Waals surface area contributed by atoms with E-state index in [1.54, 1.807) is 0 Å². The summed E-state index contributed by atoms with van der Waals surface area (Å²) in [6.07, 6.45) is 0. The molecule has 0 aliphatic carbocycles. The standard InChI is InChI=1S/C24H29N5O2/c1-5-25-24(31)26-23(30)22(19-12-8-6-9-13-19)28(4)16-21-17(2)27-29(18(21)3)20-14-10-7-11-15-20/h6-15,22H,5,16H2,1-4H3,(H2,25,26,30,31)/p+1/t22-/m0/s1. The summed E-state index contributed by atoms with van der Waals surface area (Å²) in [7, 11) is 1.97. The zero-order valence-corrected chi connectivity index (χ0v) is 18.5. The van der Waals surface area contributed by atoms with Crippen LogP contribution in [0.3, 0.4) is 0 Å². The van der Waals surface area contributed by atoms with Crippen molar-refractivity contribution in [1.29, 1.82) is 0 Å². The number of carbonyl (C=O) groups is 2. The number of hydrogen-bond acceptors (Lipinski definition) is 3. The number of aromatic nitrogens is 2. The van der Waals surface area contributed by atoms with Crippen molar-refractivity contribution in [3.63, 3.8) is 0 Å². The first-order chi connectivity index (χ1) is 14.9. The molecule has 3 amide bonds. The Morgan fingerprint density at radius 2 is 1.65 bits per heavy atom. The summed E-state index contributed by atoms with van der Waals surface area (Å²) in [4.78, 5) is 26.0. The van der Waals surface area contributed by atoms with Gasteiger partial charge < -0.3 is 10.2 Å². The van der Waals surface area contributed by atoms with E-state index in [0.717, 1.165) is 33.1 Å². The van der Waals surface area contributed by atoms with E-state index in [9.17, 15) is 9.59 Å². The molecule has 1 heterocycles. The smallest absolute Gasteiger partial charge is 0.321 e. The summed E-state index contributed by atoms with van der Waals surface area (Å²) in [5.74, 6) is -0.333. The van der Waals surface area contributed by atoms with Crippen LogP contribution in [0.15, 0.2) is 60.7 Å². The van der Waals surface area contributed by atoms with Crippen LogP contribution >= 0.6 is 0 Å². The Balaban J connectivity index is 1.89. The molecule has 2 aromatic carbocycles. The molecule has 0 radical (unpaired) electrons. The molecule has 1 aromatic heterocycles. The van der Waals surface area contributed by atoms with Crippen LogP contribution in [0.25, 0.3) is 5.69 Å². The number of aryl methyl sites for hydroxylation is 1. The molecule has 7 nitrogen and oxygen atoms in total. The Morgan fingerprint density at radius 1 is 1.03 bits per heavy atom. The fourth-order valence-corrected chi connectivity index (χ4v) is 3.83. The molecule has 0 spiro atoms. The van der Waals surface area contributed by atoms with Gasteiger partial charge in [-0.2, -0.15) is 5.10 Å². The number of quaternary nitrogens is 1. The van der Waals surface area contributed by atoms with Crippen molar-refractivity contribution in [2.24, 2.45) is 0 Å². The van der Waals surface area contributed by atoms with E-state index in [0.29, 0.717) is 13.1 Å². The second-order valence-corrected chi connectivity index (χ2v) is 7.61. The van der Waals surface area contributed by atoms with Gasteiger partial charge in [-0.25, -0.2) is 9.48 Å². The molecule has 0 aliphatic heterocycles. The van der Waals surface area contributed by atoms with Gasteiger partial charge in [0, 0.05) is 12.1 Å². The first kappa shape index (κ1) is 22.2. The van der Waals surface area contributed by atoms with Crippen LogP contribution in [0.1, 0.15) is 35.5 Å². The topological polar surface area (TPSA) is 80.5 Å². The van der Waals surface area contributed by atoms with Crippen LogP contribution in [-0.2, 0) is 11.3 Å². The highest BCUT2D eigenvalue weighted by Crippen LogP contribution is 2.18. The number of nitrogens with zero attached hydrogens (tertiary/aromatic N) is 2. The Labute approximate surface area is 183 Å². The summed E-state index contributed by atoms with van der Waals surface area (Å²) in [6, 6.07) is 18.5. The number of benzene rings is 2. The summed E-state index contributed by atoms with van der Waals surface area (Å²) in [5.41, 5.74) is 4.91. The van der Waals surface area contributed by atoms with Crippen LogP contribution in [0, 0.1) is 13.8 Å². The Kier molecular flexibility index (Phi) is 7.20. The van der Waals surface area contributed by atoms with Crippen LogP contribution in [0.5, 0.6) is 0 Å². The van der Waals surface area contributed by atoms with Crippen molar-refractivity contribution in [3.05, 3.63) is 83.2 Å². The van der Waals surface area contributed by atoms with Crippen LogP contribution in [0.4, 0.5) is 4.79 Å². The minimum absolute atomic E-state index is 0.333. The number of urea groups is 1. The minimum atomic E-state index is -0.539. The largest absolute Gasteiger partial charge is 0.338 e. The molecule has 3 N–H and O–H groups in total. The van der Waals surface area contributed by atoms with Gasteiger partial charge in [0.1, 0.15) is 6.54 Å². The zero-order valence-electron chi connectivity index (χ0n) is 18.5. The van der Waals surface area contributed by atoms with E-state index in [2.05, 4.69) is 10.6 Å². The maximum atomic E-state index is 13.0. The molecule has 0 fully saturated rings. The van der Waals surface area contributed by atoms with E-state index in [-0.39, 0.29) is 5.91 Å². The summed E-state index contributed by atoms with van der Waals surface area (Å²) in [6.45, 7) is 6.89. The van der Waals surface area contributed by atoms with Crippen molar-refractivity contribution in [1.82, 2.24) is 20.4 Å². The number of carbonyl (C=O) groups excluding carboxylic acids is 2. The van der Waals surface area contributed by atoms with Crippen molar-refractivity contribution in [2.75, 3.05) is 13.6 Å². The van der Waals surface area contributed by atoms with Gasteiger partial charge in [0.15, 0.2) is 6.04 Å². The molecule has 0 saturated heterocycles. The quantitative estimate of drug-likeness (QED) is 0.548. The lowest BCUT2D eigenvalue weighted by Crippen LogP contribution is -3.09. The van der Waals surface area contributed by atoms with Crippen molar-refractivity contribution < 1.29 is 14.5 Å². The fourth-order valence-electron chi connectivity index (χ4n) is 3.83. The van der Waals surface area contributed by atoms with E-state index < -0.39 is 12.1 Å². The highest BCUT2D eigenvalue weighted by atomic mass is 16.2. The highest BCUT2D eigenvalue weighted by Gasteiger charge is 2.31. The molecular formula is C24H30N5O2+. The van der Waals surface area contributed by atoms with Crippen LogP contribution < -0.4 is 15.5 Å². The monoisotopic (exact) mass is 420 g/mol. The second-order valence-electron chi connectivity index (χ2n) is 7.61. The van der Waals surface area contributed by atoms with E-state index in [4.69, 9.17) is 5.10 Å². The first-order valence-electron chi connectivity index (χ1n) is 10.5. The Hall–Kier alpha value is -3.45. The molecule has 3 rings (SSSR count). The molecule has 7 heteroatoms. The SMILES string of the molecule is CCNC(=O)NC(=O)[C@H](c1ccccc1)[NH+](C)Cc1c(C)nn(-c2ccccc2)c1C. The number of imide groups is 1. The van der Waals surface area contributed by atoms with Gasteiger partial charge >= 0.3 is 6.03 Å². The average Bonchev–Trinajstić information content (AvgIpc) is 3.03. The summed E-state index contributed by atoms with van der Waals surface area (Å²) in [5, 5.41) is 9.82. The average molecular weight is 421 g/mol. The van der Waals surface area contributed by atoms with Gasteiger partial charge in [-0.05, 0) is 32.9 Å². The molecule has 31 heavy (non-hydrogen) atoms. The molecule has 2 atom stereocenters. The fraction of sp³-hybridized carbons (Fsp3) is 0.292. The normalized spacial score (nSPS) is 12.8. The van der Waals surface area contributed by atoms with Gasteiger partial charge in [0.2, 0.25) is 0 Å². The molecular weight excluding hydrogens is 390 g/mol. The predicted octanol–water partition coefficient (Wildman–Crippen LogP) is 2.09. The van der Waals surface area contributed by atoms with Gasteiger partial charge in [0.25, 0.3) is 5.91 Å². The van der Waals surface area contributed by atoms with Crippen molar-refractivity contribution in [3.8, 4) is 5.69 Å². The van der Waals surface area contributed by atoms with Gasteiger partial charge in [-0.3, -0.25) is 10.1 Å². The molecule has 1 unspecified atom stereocenters. The number of hydrogen-bond donors (Lipinski definition) is 3.